The maximum absolute atomic E-state index is 11.2. The highest BCUT2D eigenvalue weighted by molar-refractivity contribution is 5.89. The highest BCUT2D eigenvalue weighted by Crippen LogP contribution is 2.20. The fraction of sp³-hybridized carbons (Fsp3) is 0.0667. The third kappa shape index (κ3) is 3.66. The lowest BCUT2D eigenvalue weighted by Gasteiger charge is -2.14. The SMILES string of the molecule is CN(C(N)=O)c1cccc(-c2cncc(/C=C/C(=O)O)c2)n1. The smallest absolute Gasteiger partial charge is 0.328 e. The molecule has 2 rings (SSSR count). The number of pyridine rings is 2. The third-order valence-electron chi connectivity index (χ3n) is 2.88. The number of aromatic nitrogens is 2. The average Bonchev–Trinajstić information content (AvgIpc) is 2.52. The molecule has 0 aliphatic rings. The number of nitrogens with zero attached hydrogens (tertiary/aromatic N) is 3. The van der Waals surface area contributed by atoms with Crippen molar-refractivity contribution in [2.24, 2.45) is 5.73 Å². The van der Waals surface area contributed by atoms with Crippen molar-refractivity contribution in [3.63, 3.8) is 0 Å². The van der Waals surface area contributed by atoms with Gasteiger partial charge in [0.2, 0.25) is 0 Å². The van der Waals surface area contributed by atoms with Crippen LogP contribution >= 0.6 is 0 Å². The predicted molar refractivity (Wildman–Crippen MR) is 82.1 cm³/mol. The van der Waals surface area contributed by atoms with Gasteiger partial charge in [0.25, 0.3) is 0 Å². The number of primary amides is 1. The van der Waals surface area contributed by atoms with Crippen molar-refractivity contribution in [3.8, 4) is 11.3 Å². The number of carbonyl (C=O) groups excluding carboxylic acids is 1. The Morgan fingerprint density at radius 1 is 1.32 bits per heavy atom. The molecule has 0 aliphatic heterocycles. The number of carboxylic acid groups (broad SMARTS) is 1. The van der Waals surface area contributed by atoms with E-state index in [1.54, 1.807) is 36.7 Å². The summed E-state index contributed by atoms with van der Waals surface area (Å²) in [6.07, 6.45) is 5.63. The van der Waals surface area contributed by atoms with Crippen LogP contribution in [0.2, 0.25) is 0 Å². The molecule has 2 heterocycles. The van der Waals surface area contributed by atoms with E-state index < -0.39 is 12.0 Å². The van der Waals surface area contributed by atoms with E-state index in [9.17, 15) is 9.59 Å². The molecule has 0 saturated heterocycles. The van der Waals surface area contributed by atoms with Crippen molar-refractivity contribution in [1.29, 1.82) is 0 Å². The van der Waals surface area contributed by atoms with Crippen LogP contribution in [0.15, 0.2) is 42.7 Å². The normalized spacial score (nSPS) is 10.6. The number of aliphatic carboxylic acids is 1. The molecule has 2 aromatic rings. The van der Waals surface area contributed by atoms with Crippen molar-refractivity contribution >= 4 is 23.9 Å². The Labute approximate surface area is 126 Å². The number of amides is 2. The molecule has 0 unspecified atom stereocenters. The summed E-state index contributed by atoms with van der Waals surface area (Å²) in [4.78, 5) is 31.4. The van der Waals surface area contributed by atoms with Gasteiger partial charge >= 0.3 is 12.0 Å². The summed E-state index contributed by atoms with van der Waals surface area (Å²) in [6, 6.07) is 6.32. The first kappa shape index (κ1) is 15.2. The zero-order valence-corrected chi connectivity index (χ0v) is 11.8. The van der Waals surface area contributed by atoms with E-state index in [1.165, 1.54) is 18.0 Å². The molecule has 0 fully saturated rings. The Kier molecular flexibility index (Phi) is 4.47. The zero-order valence-electron chi connectivity index (χ0n) is 11.8. The molecular weight excluding hydrogens is 284 g/mol. The van der Waals surface area contributed by atoms with Gasteiger partial charge < -0.3 is 10.8 Å². The van der Waals surface area contributed by atoms with Gasteiger partial charge in [-0.2, -0.15) is 0 Å². The number of hydrogen-bond acceptors (Lipinski definition) is 4. The minimum atomic E-state index is -1.03. The standard InChI is InChI=1S/C15H14N4O3/c1-19(15(16)22)13-4-2-3-12(18-13)11-7-10(8-17-9-11)5-6-14(20)21/h2-9H,1H3,(H2,16,22)(H,20,21)/b6-5+. The monoisotopic (exact) mass is 298 g/mol. The number of urea groups is 1. The van der Waals surface area contributed by atoms with Crippen LogP contribution in [-0.4, -0.2) is 34.1 Å². The van der Waals surface area contributed by atoms with Gasteiger partial charge in [-0.3, -0.25) is 9.88 Å². The Morgan fingerprint density at radius 2 is 2.09 bits per heavy atom. The molecule has 7 nitrogen and oxygen atoms in total. The van der Waals surface area contributed by atoms with Crippen LogP contribution in [0.1, 0.15) is 5.56 Å². The number of nitrogens with two attached hydrogens (primary N) is 1. The topological polar surface area (TPSA) is 109 Å². The summed E-state index contributed by atoms with van der Waals surface area (Å²) in [5, 5.41) is 8.64. The van der Waals surface area contributed by atoms with E-state index in [2.05, 4.69) is 9.97 Å². The Hall–Kier alpha value is -3.22. The lowest BCUT2D eigenvalue weighted by molar-refractivity contribution is -0.131. The van der Waals surface area contributed by atoms with Gasteiger partial charge in [-0.15, -0.1) is 0 Å². The van der Waals surface area contributed by atoms with E-state index in [4.69, 9.17) is 10.8 Å². The van der Waals surface area contributed by atoms with E-state index in [1.807, 2.05) is 0 Å². The second kappa shape index (κ2) is 6.49. The van der Waals surface area contributed by atoms with Crippen LogP contribution in [-0.2, 0) is 4.79 Å². The highest BCUT2D eigenvalue weighted by atomic mass is 16.4. The molecule has 0 saturated carbocycles. The van der Waals surface area contributed by atoms with Crippen LogP contribution < -0.4 is 10.6 Å². The Balaban J connectivity index is 2.36. The number of anilines is 1. The minimum Gasteiger partial charge on any atom is -0.478 e. The van der Waals surface area contributed by atoms with Crippen LogP contribution in [0, 0.1) is 0 Å². The van der Waals surface area contributed by atoms with Gasteiger partial charge in [0.15, 0.2) is 0 Å². The van der Waals surface area contributed by atoms with Crippen molar-refractivity contribution in [1.82, 2.24) is 9.97 Å². The van der Waals surface area contributed by atoms with Gasteiger partial charge in [0, 0.05) is 31.1 Å². The van der Waals surface area contributed by atoms with E-state index in [0.29, 0.717) is 22.6 Å². The largest absolute Gasteiger partial charge is 0.478 e. The van der Waals surface area contributed by atoms with Crippen molar-refractivity contribution in [3.05, 3.63) is 48.3 Å². The fourth-order valence-electron chi connectivity index (χ4n) is 1.74. The summed E-state index contributed by atoms with van der Waals surface area (Å²) in [7, 11) is 1.53. The Bertz CT molecular complexity index is 743. The molecule has 2 amide bonds. The minimum absolute atomic E-state index is 0.413. The van der Waals surface area contributed by atoms with Gasteiger partial charge in [-0.25, -0.2) is 14.6 Å². The Morgan fingerprint density at radius 3 is 2.77 bits per heavy atom. The summed E-state index contributed by atoms with van der Waals surface area (Å²) in [6.45, 7) is 0. The molecule has 0 aromatic carbocycles. The van der Waals surface area contributed by atoms with Gasteiger partial charge in [-0.1, -0.05) is 6.07 Å². The fourth-order valence-corrected chi connectivity index (χ4v) is 1.74. The predicted octanol–water partition coefficient (Wildman–Crippen LogP) is 1.76. The van der Waals surface area contributed by atoms with Crippen LogP contribution in [0.25, 0.3) is 17.3 Å². The highest BCUT2D eigenvalue weighted by Gasteiger charge is 2.09. The number of hydrogen-bond donors (Lipinski definition) is 2. The molecular formula is C15H14N4O3. The lowest BCUT2D eigenvalue weighted by Crippen LogP contribution is -2.32. The zero-order chi connectivity index (χ0) is 16.1. The van der Waals surface area contributed by atoms with E-state index >= 15 is 0 Å². The van der Waals surface area contributed by atoms with Gasteiger partial charge in [0.1, 0.15) is 5.82 Å². The summed E-state index contributed by atoms with van der Waals surface area (Å²) in [5.41, 5.74) is 7.16. The van der Waals surface area contributed by atoms with Crippen LogP contribution in [0.4, 0.5) is 10.6 Å². The van der Waals surface area contributed by atoms with E-state index in [-0.39, 0.29) is 0 Å². The molecule has 112 valence electrons. The van der Waals surface area contributed by atoms with Crippen LogP contribution in [0.3, 0.4) is 0 Å². The quantitative estimate of drug-likeness (QED) is 0.836. The molecule has 2 aromatic heterocycles. The van der Waals surface area contributed by atoms with Gasteiger partial charge in [-0.05, 0) is 29.8 Å². The molecule has 0 radical (unpaired) electrons. The maximum Gasteiger partial charge on any atom is 0.328 e. The maximum atomic E-state index is 11.2. The van der Waals surface area contributed by atoms with Crippen molar-refractivity contribution < 1.29 is 14.7 Å². The lowest BCUT2D eigenvalue weighted by atomic mass is 10.1. The summed E-state index contributed by atoms with van der Waals surface area (Å²) < 4.78 is 0. The number of carbonyl (C=O) groups is 2. The second-order valence-electron chi connectivity index (χ2n) is 4.46. The molecule has 0 aliphatic carbocycles. The number of rotatable bonds is 4. The molecule has 7 heteroatoms. The molecule has 0 bridgehead atoms. The molecule has 22 heavy (non-hydrogen) atoms. The molecule has 0 atom stereocenters. The molecule has 0 spiro atoms. The molecule has 3 N–H and O–H groups in total. The second-order valence-corrected chi connectivity index (χ2v) is 4.46. The first-order valence-corrected chi connectivity index (χ1v) is 6.34. The third-order valence-corrected chi connectivity index (χ3v) is 2.88. The van der Waals surface area contributed by atoms with Crippen molar-refractivity contribution in [2.45, 2.75) is 0 Å². The summed E-state index contributed by atoms with van der Waals surface area (Å²) in [5.74, 6) is -0.620. The van der Waals surface area contributed by atoms with Crippen LogP contribution in [0.5, 0.6) is 0 Å². The number of carboxylic acids is 1. The van der Waals surface area contributed by atoms with Crippen molar-refractivity contribution in [2.75, 3.05) is 11.9 Å². The first-order valence-electron chi connectivity index (χ1n) is 6.34. The average molecular weight is 298 g/mol. The van der Waals surface area contributed by atoms with E-state index in [0.717, 1.165) is 6.08 Å². The van der Waals surface area contributed by atoms with Gasteiger partial charge in [0.05, 0.1) is 5.69 Å². The first-order chi connectivity index (χ1) is 10.5. The summed E-state index contributed by atoms with van der Waals surface area (Å²) >= 11 is 0.